The second kappa shape index (κ2) is 9.91. The van der Waals surface area contributed by atoms with Gasteiger partial charge in [0.25, 0.3) is 10.0 Å². The summed E-state index contributed by atoms with van der Waals surface area (Å²) in [5.74, 6) is 4.10. The minimum Gasteiger partial charge on any atom is -0.480 e. The number of benzene rings is 2. The van der Waals surface area contributed by atoms with Crippen molar-refractivity contribution in [3.05, 3.63) is 96.1 Å². The number of nitrogens with one attached hydrogen (secondary N) is 1. The first kappa shape index (κ1) is 24.9. The Labute approximate surface area is 217 Å². The third-order valence-electron chi connectivity index (χ3n) is 5.59. The molecular weight excluding hydrogens is 512 g/mol. The summed E-state index contributed by atoms with van der Waals surface area (Å²) >= 11 is 0. The molecule has 1 N–H and O–H groups in total. The van der Waals surface area contributed by atoms with Crippen LogP contribution >= 0.6 is 0 Å². The van der Waals surface area contributed by atoms with E-state index in [0.29, 0.717) is 17.2 Å². The van der Waals surface area contributed by atoms with Crippen molar-refractivity contribution in [1.82, 2.24) is 19.7 Å². The molecule has 3 aromatic heterocycles. The van der Waals surface area contributed by atoms with Crippen molar-refractivity contribution >= 4 is 26.6 Å². The molecule has 0 aliphatic heterocycles. The van der Waals surface area contributed by atoms with Gasteiger partial charge in [0, 0.05) is 48.2 Å². The summed E-state index contributed by atoms with van der Waals surface area (Å²) < 4.78 is 62.4. The molecule has 0 radical (unpaired) electrons. The van der Waals surface area contributed by atoms with E-state index in [4.69, 9.17) is 4.74 Å². The molecule has 11 heteroatoms. The topological polar surface area (TPSA) is 99.0 Å². The first-order valence-electron chi connectivity index (χ1n) is 11.2. The number of hydrogen-bond donors (Lipinski definition) is 1. The number of aromatic nitrogens is 4. The number of fused-ring (bicyclic) bond motifs is 1. The van der Waals surface area contributed by atoms with Gasteiger partial charge in [0.1, 0.15) is 22.2 Å². The molecule has 0 saturated heterocycles. The Balaban J connectivity index is 1.54. The van der Waals surface area contributed by atoms with Crippen molar-refractivity contribution in [2.75, 3.05) is 11.8 Å². The van der Waals surface area contributed by atoms with Crippen molar-refractivity contribution in [3.8, 4) is 28.8 Å². The Kier molecular flexibility index (Phi) is 6.48. The molecule has 5 aromatic rings. The predicted molar refractivity (Wildman–Crippen MR) is 138 cm³/mol. The lowest BCUT2D eigenvalue weighted by atomic mass is 10.0. The number of methoxy groups -OCH3 is 1. The van der Waals surface area contributed by atoms with Gasteiger partial charge < -0.3 is 4.74 Å². The van der Waals surface area contributed by atoms with Crippen LogP contribution in [0, 0.1) is 23.5 Å². The Morgan fingerprint density at radius 1 is 0.974 bits per heavy atom. The number of aryl methyl sites for hydroxylation is 1. The van der Waals surface area contributed by atoms with Crippen LogP contribution in [0.25, 0.3) is 22.0 Å². The Hall–Kier alpha value is -4.82. The van der Waals surface area contributed by atoms with E-state index >= 15 is 0 Å². The summed E-state index contributed by atoms with van der Waals surface area (Å²) in [6.45, 7) is 0. The second-order valence-corrected chi connectivity index (χ2v) is 9.86. The highest BCUT2D eigenvalue weighted by Gasteiger charge is 2.22. The Bertz CT molecular complexity index is 1860. The molecule has 0 spiro atoms. The lowest BCUT2D eigenvalue weighted by molar-refractivity contribution is 0.400. The zero-order chi connectivity index (χ0) is 26.9. The SMILES string of the molecule is COc1ncc(-c2ccc3nccc(C#Cc4cnn(C)c4)c3c2)cc1NS(=O)(=O)c1ccc(F)cc1F. The molecule has 0 unspecified atom stereocenters. The smallest absolute Gasteiger partial charge is 0.264 e. The van der Waals surface area contributed by atoms with E-state index in [2.05, 4.69) is 31.6 Å². The first-order valence-corrected chi connectivity index (χ1v) is 12.6. The van der Waals surface area contributed by atoms with Crippen LogP contribution < -0.4 is 9.46 Å². The van der Waals surface area contributed by atoms with E-state index in [-0.39, 0.29) is 11.6 Å². The molecule has 0 amide bonds. The minimum absolute atomic E-state index is 0.0170. The third-order valence-corrected chi connectivity index (χ3v) is 6.99. The lowest BCUT2D eigenvalue weighted by Gasteiger charge is -2.13. The summed E-state index contributed by atoms with van der Waals surface area (Å²) in [6, 6.07) is 11.0. The zero-order valence-electron chi connectivity index (χ0n) is 20.1. The Morgan fingerprint density at radius 3 is 2.55 bits per heavy atom. The van der Waals surface area contributed by atoms with Gasteiger partial charge in [-0.3, -0.25) is 14.4 Å². The molecule has 0 bridgehead atoms. The fourth-order valence-electron chi connectivity index (χ4n) is 3.80. The molecule has 3 heterocycles. The van der Waals surface area contributed by atoms with Gasteiger partial charge in [-0.05, 0) is 42.0 Å². The number of halogens is 2. The average Bonchev–Trinajstić information content (AvgIpc) is 3.31. The molecule has 2 aromatic carbocycles. The van der Waals surface area contributed by atoms with Crippen molar-refractivity contribution in [2.24, 2.45) is 7.05 Å². The molecule has 0 aliphatic rings. The number of rotatable bonds is 5. The molecule has 0 fully saturated rings. The standard InChI is InChI=1S/C27H19F2N5O3S/c1-34-16-17(14-32-34)3-4-18-9-10-30-24-7-5-19(11-22(18)24)20-12-25(27(37-2)31-15-20)33-38(35,36)26-8-6-21(28)13-23(26)29/h5-16,33H,1-2H3. The molecule has 0 atom stereocenters. The summed E-state index contributed by atoms with van der Waals surface area (Å²) in [4.78, 5) is 7.91. The van der Waals surface area contributed by atoms with Crippen LogP contribution in [0.5, 0.6) is 5.88 Å². The third kappa shape index (κ3) is 5.02. The van der Waals surface area contributed by atoms with E-state index in [9.17, 15) is 17.2 Å². The quantitative estimate of drug-likeness (QED) is 0.335. The average molecular weight is 532 g/mol. The second-order valence-electron chi connectivity index (χ2n) is 8.20. The molecule has 8 nitrogen and oxygen atoms in total. The highest BCUT2D eigenvalue weighted by atomic mass is 32.2. The van der Waals surface area contributed by atoms with E-state index < -0.39 is 26.6 Å². The van der Waals surface area contributed by atoms with Gasteiger partial charge in [0.2, 0.25) is 5.88 Å². The van der Waals surface area contributed by atoms with E-state index in [1.54, 1.807) is 23.1 Å². The summed E-state index contributed by atoms with van der Waals surface area (Å²) in [5.41, 5.74) is 3.48. The van der Waals surface area contributed by atoms with Crippen molar-refractivity contribution in [1.29, 1.82) is 0 Å². The van der Waals surface area contributed by atoms with Gasteiger partial charge in [-0.1, -0.05) is 17.9 Å². The lowest BCUT2D eigenvalue weighted by Crippen LogP contribution is -2.15. The number of pyridine rings is 2. The molecule has 0 saturated carbocycles. The van der Waals surface area contributed by atoms with Gasteiger partial charge in [0.05, 0.1) is 24.4 Å². The van der Waals surface area contributed by atoms with E-state index in [0.717, 1.165) is 34.2 Å². The van der Waals surface area contributed by atoms with Crippen LogP contribution in [0.1, 0.15) is 11.1 Å². The maximum Gasteiger partial charge on any atom is 0.264 e. The normalized spacial score (nSPS) is 11.2. The predicted octanol–water partition coefficient (Wildman–Crippen LogP) is 4.52. The Morgan fingerprint density at radius 2 is 1.82 bits per heavy atom. The first-order chi connectivity index (χ1) is 18.2. The van der Waals surface area contributed by atoms with Gasteiger partial charge in [0.15, 0.2) is 0 Å². The van der Waals surface area contributed by atoms with Crippen molar-refractivity contribution in [3.63, 3.8) is 0 Å². The minimum atomic E-state index is -4.41. The van der Waals surface area contributed by atoms with Gasteiger partial charge in [-0.15, -0.1) is 0 Å². The highest BCUT2D eigenvalue weighted by Crippen LogP contribution is 2.32. The number of ether oxygens (including phenoxy) is 1. The molecular formula is C27H19F2N5O3S. The number of sulfonamides is 1. The van der Waals surface area contributed by atoms with Crippen molar-refractivity contribution in [2.45, 2.75) is 4.90 Å². The molecule has 5 rings (SSSR count). The van der Waals surface area contributed by atoms with Gasteiger partial charge >= 0.3 is 0 Å². The summed E-state index contributed by atoms with van der Waals surface area (Å²) in [5, 5.41) is 4.90. The largest absolute Gasteiger partial charge is 0.480 e. The van der Waals surface area contributed by atoms with Crippen LogP contribution in [-0.2, 0) is 17.1 Å². The summed E-state index contributed by atoms with van der Waals surface area (Å²) in [6.07, 6.45) is 6.68. The molecule has 38 heavy (non-hydrogen) atoms. The van der Waals surface area contributed by atoms with Gasteiger partial charge in [-0.2, -0.15) is 5.10 Å². The number of hydrogen-bond acceptors (Lipinski definition) is 6. The fourth-order valence-corrected chi connectivity index (χ4v) is 4.91. The number of anilines is 1. The fraction of sp³-hybridized carbons (Fsp3) is 0.0741. The molecule has 0 aliphatic carbocycles. The van der Waals surface area contributed by atoms with E-state index in [1.807, 2.05) is 31.4 Å². The van der Waals surface area contributed by atoms with Crippen LogP contribution in [0.15, 0.2) is 78.2 Å². The van der Waals surface area contributed by atoms with Crippen LogP contribution in [0.3, 0.4) is 0 Å². The number of nitrogens with zero attached hydrogens (tertiary/aromatic N) is 4. The van der Waals surface area contributed by atoms with Crippen molar-refractivity contribution < 1.29 is 21.9 Å². The highest BCUT2D eigenvalue weighted by molar-refractivity contribution is 7.92. The van der Waals surface area contributed by atoms with Crippen LogP contribution in [0.2, 0.25) is 0 Å². The zero-order valence-corrected chi connectivity index (χ0v) is 20.9. The maximum absolute atomic E-state index is 14.2. The summed E-state index contributed by atoms with van der Waals surface area (Å²) in [7, 11) is -1.27. The van der Waals surface area contributed by atoms with Crippen LogP contribution in [-0.4, -0.2) is 35.3 Å². The molecule has 190 valence electrons. The van der Waals surface area contributed by atoms with Crippen LogP contribution in [0.4, 0.5) is 14.5 Å². The van der Waals surface area contributed by atoms with Gasteiger partial charge in [-0.25, -0.2) is 22.2 Å². The monoisotopic (exact) mass is 531 g/mol. The maximum atomic E-state index is 14.2. The van der Waals surface area contributed by atoms with E-state index in [1.165, 1.54) is 19.4 Å².